The molecule has 0 aliphatic heterocycles. The zero-order valence-corrected chi connectivity index (χ0v) is 8.92. The minimum absolute atomic E-state index is 0.256. The molecule has 2 nitrogen and oxygen atoms in total. The van der Waals surface area contributed by atoms with Gasteiger partial charge in [0.25, 0.3) is 0 Å². The largest absolute Gasteiger partial charge is 0.396 e. The van der Waals surface area contributed by atoms with Crippen LogP contribution in [0.15, 0.2) is 11.6 Å². The number of hydrogen-bond acceptors (Lipinski definition) is 2. The van der Waals surface area contributed by atoms with Crippen LogP contribution in [-0.4, -0.2) is 18.3 Å². The topological polar surface area (TPSA) is 46.2 Å². The summed E-state index contributed by atoms with van der Waals surface area (Å²) in [6.45, 7) is 5.20. The molecule has 0 radical (unpaired) electrons. The van der Waals surface area contributed by atoms with Gasteiger partial charge in [-0.15, -0.1) is 0 Å². The lowest BCUT2D eigenvalue weighted by atomic mass is 9.96. The van der Waals surface area contributed by atoms with Gasteiger partial charge in [0, 0.05) is 13.2 Å². The smallest absolute Gasteiger partial charge is 0.0436 e. The van der Waals surface area contributed by atoms with Crippen molar-refractivity contribution in [3.63, 3.8) is 0 Å². The zero-order valence-electron chi connectivity index (χ0n) is 8.92. The molecule has 78 valence electrons. The Morgan fingerprint density at radius 2 is 2.23 bits per heavy atom. The first-order chi connectivity index (χ1) is 6.26. The molecule has 0 fully saturated rings. The van der Waals surface area contributed by atoms with Gasteiger partial charge in [-0.05, 0) is 18.8 Å². The van der Waals surface area contributed by atoms with Crippen LogP contribution >= 0.6 is 0 Å². The summed E-state index contributed by atoms with van der Waals surface area (Å²) in [6.07, 6.45) is 6.65. The Morgan fingerprint density at radius 3 is 2.69 bits per heavy atom. The van der Waals surface area contributed by atoms with E-state index in [0.717, 1.165) is 12.8 Å². The molecule has 0 bridgehead atoms. The van der Waals surface area contributed by atoms with Crippen LogP contribution in [0.1, 0.15) is 39.5 Å². The average molecular weight is 185 g/mol. The molecule has 0 rings (SSSR count). The highest BCUT2D eigenvalue weighted by molar-refractivity contribution is 5.07. The van der Waals surface area contributed by atoms with Crippen LogP contribution in [0, 0.1) is 5.92 Å². The molecule has 0 aliphatic rings. The van der Waals surface area contributed by atoms with Crippen molar-refractivity contribution in [2.45, 2.75) is 39.5 Å². The molecular weight excluding hydrogens is 162 g/mol. The molecule has 13 heavy (non-hydrogen) atoms. The van der Waals surface area contributed by atoms with Crippen molar-refractivity contribution in [1.29, 1.82) is 0 Å². The summed E-state index contributed by atoms with van der Waals surface area (Å²) in [7, 11) is 0. The predicted octanol–water partition coefficient (Wildman–Crippen LogP) is 2.08. The van der Waals surface area contributed by atoms with Gasteiger partial charge in [-0.25, -0.2) is 0 Å². The van der Waals surface area contributed by atoms with E-state index in [4.69, 9.17) is 10.8 Å². The third kappa shape index (κ3) is 5.83. The van der Waals surface area contributed by atoms with E-state index in [-0.39, 0.29) is 6.61 Å². The Balaban J connectivity index is 3.90. The summed E-state index contributed by atoms with van der Waals surface area (Å²) in [5.74, 6) is 0.437. The fourth-order valence-corrected chi connectivity index (χ4v) is 1.36. The number of unbranched alkanes of at least 4 members (excludes halogenated alkanes) is 2. The van der Waals surface area contributed by atoms with Gasteiger partial charge in [0.15, 0.2) is 0 Å². The molecule has 1 atom stereocenters. The molecule has 3 N–H and O–H groups in total. The Morgan fingerprint density at radius 1 is 1.54 bits per heavy atom. The molecule has 0 heterocycles. The standard InChI is InChI=1S/C11H23NO/c1-3-4-5-6-11(9-12)10(2)7-8-13/h6,10,13H,3-5,7-9,12H2,1-2H3/b11-6+/t10-/m0/s1. The van der Waals surface area contributed by atoms with Gasteiger partial charge < -0.3 is 10.8 Å². The van der Waals surface area contributed by atoms with Crippen molar-refractivity contribution in [1.82, 2.24) is 0 Å². The van der Waals surface area contributed by atoms with E-state index in [9.17, 15) is 0 Å². The second kappa shape index (κ2) is 8.27. The van der Waals surface area contributed by atoms with Crippen molar-refractivity contribution < 1.29 is 5.11 Å². The first kappa shape index (κ1) is 12.7. The number of aliphatic hydroxyl groups excluding tert-OH is 1. The lowest BCUT2D eigenvalue weighted by molar-refractivity contribution is 0.271. The summed E-state index contributed by atoms with van der Waals surface area (Å²) in [5.41, 5.74) is 6.93. The van der Waals surface area contributed by atoms with Gasteiger partial charge in [0.2, 0.25) is 0 Å². The normalized spacial score (nSPS) is 14.6. The quantitative estimate of drug-likeness (QED) is 0.471. The minimum Gasteiger partial charge on any atom is -0.396 e. The molecule has 0 saturated heterocycles. The zero-order chi connectivity index (χ0) is 10.1. The molecule has 0 spiro atoms. The van der Waals surface area contributed by atoms with Crippen molar-refractivity contribution in [3.8, 4) is 0 Å². The summed E-state index contributed by atoms with van der Waals surface area (Å²) in [6, 6.07) is 0. The molecule has 0 aromatic rings. The molecular formula is C11H23NO. The van der Waals surface area contributed by atoms with E-state index in [1.807, 2.05) is 0 Å². The van der Waals surface area contributed by atoms with E-state index in [0.29, 0.717) is 12.5 Å². The van der Waals surface area contributed by atoms with E-state index in [1.54, 1.807) is 0 Å². The average Bonchev–Trinajstić information content (AvgIpc) is 2.13. The second-order valence-electron chi connectivity index (χ2n) is 3.54. The minimum atomic E-state index is 0.256. The van der Waals surface area contributed by atoms with Crippen molar-refractivity contribution in [2.24, 2.45) is 11.7 Å². The molecule has 0 aromatic carbocycles. The maximum absolute atomic E-state index is 8.78. The lowest BCUT2D eigenvalue weighted by Crippen LogP contribution is -2.12. The van der Waals surface area contributed by atoms with Gasteiger partial charge in [-0.3, -0.25) is 0 Å². The number of rotatable bonds is 7. The van der Waals surface area contributed by atoms with E-state index >= 15 is 0 Å². The first-order valence-electron chi connectivity index (χ1n) is 5.26. The highest BCUT2D eigenvalue weighted by atomic mass is 16.3. The third-order valence-electron chi connectivity index (χ3n) is 2.39. The molecule has 0 amide bonds. The van der Waals surface area contributed by atoms with Crippen molar-refractivity contribution in [3.05, 3.63) is 11.6 Å². The maximum atomic E-state index is 8.78. The Bertz CT molecular complexity index is 143. The van der Waals surface area contributed by atoms with E-state index in [2.05, 4.69) is 19.9 Å². The number of hydrogen-bond donors (Lipinski definition) is 2. The molecule has 2 heteroatoms. The summed E-state index contributed by atoms with van der Waals surface area (Å²) in [5, 5.41) is 8.78. The molecule has 0 unspecified atom stereocenters. The van der Waals surface area contributed by atoms with Crippen LogP contribution in [0.5, 0.6) is 0 Å². The molecule has 0 saturated carbocycles. The highest BCUT2D eigenvalue weighted by Crippen LogP contribution is 2.14. The fraction of sp³-hybridized carbons (Fsp3) is 0.818. The van der Waals surface area contributed by atoms with Gasteiger partial charge in [0.1, 0.15) is 0 Å². The Labute approximate surface area is 81.8 Å². The number of allylic oxidation sites excluding steroid dienone is 1. The fourth-order valence-electron chi connectivity index (χ4n) is 1.36. The maximum Gasteiger partial charge on any atom is 0.0436 e. The molecule has 0 aromatic heterocycles. The molecule has 0 aliphatic carbocycles. The van der Waals surface area contributed by atoms with Crippen LogP contribution < -0.4 is 5.73 Å². The monoisotopic (exact) mass is 185 g/mol. The first-order valence-corrected chi connectivity index (χ1v) is 5.26. The van der Waals surface area contributed by atoms with Crippen LogP contribution in [0.4, 0.5) is 0 Å². The second-order valence-corrected chi connectivity index (χ2v) is 3.54. The number of aliphatic hydroxyl groups is 1. The number of nitrogens with two attached hydrogens (primary N) is 1. The lowest BCUT2D eigenvalue weighted by Gasteiger charge is -2.12. The highest BCUT2D eigenvalue weighted by Gasteiger charge is 2.05. The van der Waals surface area contributed by atoms with Gasteiger partial charge >= 0.3 is 0 Å². The predicted molar refractivity (Wildman–Crippen MR) is 57.5 cm³/mol. The SMILES string of the molecule is CCCC/C=C(\CN)[C@@H](C)CCO. The Hall–Kier alpha value is -0.340. The van der Waals surface area contributed by atoms with E-state index in [1.165, 1.54) is 18.4 Å². The van der Waals surface area contributed by atoms with Crippen molar-refractivity contribution >= 4 is 0 Å². The summed E-state index contributed by atoms with van der Waals surface area (Å²) >= 11 is 0. The van der Waals surface area contributed by atoms with Gasteiger partial charge in [-0.2, -0.15) is 0 Å². The summed E-state index contributed by atoms with van der Waals surface area (Å²) in [4.78, 5) is 0. The van der Waals surface area contributed by atoms with Crippen LogP contribution in [0.25, 0.3) is 0 Å². The van der Waals surface area contributed by atoms with Gasteiger partial charge in [0.05, 0.1) is 0 Å². The van der Waals surface area contributed by atoms with Crippen LogP contribution in [0.3, 0.4) is 0 Å². The van der Waals surface area contributed by atoms with Crippen molar-refractivity contribution in [2.75, 3.05) is 13.2 Å². The summed E-state index contributed by atoms with van der Waals surface area (Å²) < 4.78 is 0. The third-order valence-corrected chi connectivity index (χ3v) is 2.39. The Kier molecular flexibility index (Phi) is 8.05. The van der Waals surface area contributed by atoms with Crippen LogP contribution in [0.2, 0.25) is 0 Å². The van der Waals surface area contributed by atoms with E-state index < -0.39 is 0 Å². The van der Waals surface area contributed by atoms with Crippen LogP contribution in [-0.2, 0) is 0 Å². The van der Waals surface area contributed by atoms with Gasteiger partial charge in [-0.1, -0.05) is 38.3 Å².